The maximum Gasteiger partial charge on any atom is 0.241 e. The third-order valence-electron chi connectivity index (χ3n) is 2.30. The molecule has 0 spiro atoms. The molecule has 0 radical (unpaired) electrons. The van der Waals surface area contributed by atoms with Crippen molar-refractivity contribution in [1.29, 1.82) is 0 Å². The molecule has 0 fully saturated rings. The maximum absolute atomic E-state index is 13.5. The molecule has 0 saturated heterocycles. The van der Waals surface area contributed by atoms with Gasteiger partial charge in [0.05, 0.1) is 5.92 Å². The maximum atomic E-state index is 13.5. The Bertz CT molecular complexity index is 428. The van der Waals surface area contributed by atoms with Crippen molar-refractivity contribution in [3.63, 3.8) is 0 Å². The molecule has 1 unspecified atom stereocenters. The average molecular weight is 267 g/mol. The van der Waals surface area contributed by atoms with E-state index < -0.39 is 29.3 Å². The number of hydrazine groups is 1. The second-order valence-electron chi connectivity index (χ2n) is 3.30. The van der Waals surface area contributed by atoms with Gasteiger partial charge in [-0.05, 0) is 12.5 Å². The molecule has 1 atom stereocenters. The van der Waals surface area contributed by atoms with Crippen LogP contribution in [0.4, 0.5) is 13.2 Å². The molecule has 3 nitrogen and oxygen atoms in total. The summed E-state index contributed by atoms with van der Waals surface area (Å²) in [6.07, 6.45) is 0.0621. The Morgan fingerprint density at radius 3 is 2.53 bits per heavy atom. The van der Waals surface area contributed by atoms with Crippen LogP contribution in [-0.4, -0.2) is 11.8 Å². The van der Waals surface area contributed by atoms with E-state index in [1.807, 2.05) is 5.43 Å². The molecule has 0 aliphatic rings. The van der Waals surface area contributed by atoms with Gasteiger partial charge in [-0.25, -0.2) is 19.0 Å². The lowest BCUT2D eigenvalue weighted by Crippen LogP contribution is -2.35. The summed E-state index contributed by atoms with van der Waals surface area (Å²) in [4.78, 5) is 11.4. The van der Waals surface area contributed by atoms with Crippen LogP contribution in [0.25, 0.3) is 0 Å². The third kappa shape index (κ3) is 2.89. The zero-order chi connectivity index (χ0) is 13.0. The molecule has 0 bridgehead atoms. The van der Waals surface area contributed by atoms with Gasteiger partial charge in [-0.15, -0.1) is 11.6 Å². The first-order chi connectivity index (χ1) is 8.02. The number of benzene rings is 1. The summed E-state index contributed by atoms with van der Waals surface area (Å²) in [7, 11) is 0. The number of alkyl halides is 1. The molecule has 1 aromatic carbocycles. The van der Waals surface area contributed by atoms with Crippen molar-refractivity contribution in [2.45, 2.75) is 12.3 Å². The predicted molar refractivity (Wildman–Crippen MR) is 56.7 cm³/mol. The molecule has 17 heavy (non-hydrogen) atoms. The van der Waals surface area contributed by atoms with Crippen LogP contribution in [0.2, 0.25) is 0 Å². The number of halogens is 4. The van der Waals surface area contributed by atoms with Crippen LogP contribution in [-0.2, 0) is 4.79 Å². The first kappa shape index (κ1) is 13.8. The lowest BCUT2D eigenvalue weighted by molar-refractivity contribution is -0.122. The first-order valence-corrected chi connectivity index (χ1v) is 5.26. The molecule has 1 aromatic rings. The van der Waals surface area contributed by atoms with Crippen molar-refractivity contribution < 1.29 is 18.0 Å². The van der Waals surface area contributed by atoms with Gasteiger partial charge in [0.15, 0.2) is 17.5 Å². The Morgan fingerprint density at radius 2 is 2.00 bits per heavy atom. The minimum Gasteiger partial charge on any atom is -0.294 e. The molecule has 94 valence electrons. The van der Waals surface area contributed by atoms with Crippen molar-refractivity contribution in [2.24, 2.45) is 5.84 Å². The Kier molecular flexibility index (Phi) is 4.77. The molecule has 1 amide bonds. The highest BCUT2D eigenvalue weighted by atomic mass is 35.5. The molecule has 0 heterocycles. The Labute approximate surface area is 101 Å². The highest BCUT2D eigenvalue weighted by Crippen LogP contribution is 2.26. The molecule has 0 aromatic heterocycles. The SMILES string of the molecule is NNC(=O)C(CCCl)c1ccc(F)c(F)c1F. The van der Waals surface area contributed by atoms with Crippen LogP contribution < -0.4 is 11.3 Å². The summed E-state index contributed by atoms with van der Waals surface area (Å²) >= 11 is 5.46. The molecule has 7 heteroatoms. The Hall–Kier alpha value is -1.27. The fourth-order valence-electron chi connectivity index (χ4n) is 1.45. The zero-order valence-electron chi connectivity index (χ0n) is 8.64. The fourth-order valence-corrected chi connectivity index (χ4v) is 1.67. The van der Waals surface area contributed by atoms with Crippen LogP contribution in [0.3, 0.4) is 0 Å². The van der Waals surface area contributed by atoms with Crippen LogP contribution in [0.1, 0.15) is 17.9 Å². The van der Waals surface area contributed by atoms with E-state index in [0.29, 0.717) is 0 Å². The van der Waals surface area contributed by atoms with Crippen molar-refractivity contribution in [3.05, 3.63) is 35.1 Å². The van der Waals surface area contributed by atoms with E-state index in [4.69, 9.17) is 17.4 Å². The first-order valence-electron chi connectivity index (χ1n) is 4.72. The van der Waals surface area contributed by atoms with Crippen molar-refractivity contribution >= 4 is 17.5 Å². The zero-order valence-corrected chi connectivity index (χ0v) is 9.40. The van der Waals surface area contributed by atoms with Gasteiger partial charge in [0, 0.05) is 11.4 Å². The van der Waals surface area contributed by atoms with Crippen molar-refractivity contribution in [3.8, 4) is 0 Å². The number of hydrogen-bond donors (Lipinski definition) is 2. The Morgan fingerprint density at radius 1 is 1.35 bits per heavy atom. The lowest BCUT2D eigenvalue weighted by atomic mass is 9.95. The predicted octanol–water partition coefficient (Wildman–Crippen LogP) is 1.81. The molecule has 0 aliphatic carbocycles. The molecule has 0 aliphatic heterocycles. The second-order valence-corrected chi connectivity index (χ2v) is 3.68. The minimum absolute atomic E-state index is 0.0521. The normalized spacial score (nSPS) is 12.3. The van der Waals surface area contributed by atoms with E-state index in [0.717, 1.165) is 12.1 Å². The average Bonchev–Trinajstić information content (AvgIpc) is 2.33. The summed E-state index contributed by atoms with van der Waals surface area (Å²) in [5.41, 5.74) is 1.56. The highest BCUT2D eigenvalue weighted by Gasteiger charge is 2.25. The summed E-state index contributed by atoms with van der Waals surface area (Å²) in [6.45, 7) is 0. The van der Waals surface area contributed by atoms with Gasteiger partial charge in [0.1, 0.15) is 0 Å². The molecular weight excluding hydrogens is 257 g/mol. The van der Waals surface area contributed by atoms with Gasteiger partial charge in [-0.3, -0.25) is 10.2 Å². The molecule has 0 saturated carbocycles. The van der Waals surface area contributed by atoms with E-state index in [-0.39, 0.29) is 17.9 Å². The summed E-state index contributed by atoms with van der Waals surface area (Å²) in [5, 5.41) is 0. The lowest BCUT2D eigenvalue weighted by Gasteiger charge is -2.15. The molecule has 3 N–H and O–H groups in total. The molecular formula is C10H10ClF3N2O. The number of amides is 1. The van der Waals surface area contributed by atoms with E-state index in [1.54, 1.807) is 0 Å². The summed E-state index contributed by atoms with van der Waals surface area (Å²) < 4.78 is 39.2. The fraction of sp³-hybridized carbons (Fsp3) is 0.300. The minimum atomic E-state index is -1.62. The van der Waals surface area contributed by atoms with Crippen LogP contribution in [0, 0.1) is 17.5 Å². The number of nitrogens with two attached hydrogens (primary N) is 1. The number of carbonyl (C=O) groups excluding carboxylic acids is 1. The van der Waals surface area contributed by atoms with Crippen LogP contribution in [0.5, 0.6) is 0 Å². The van der Waals surface area contributed by atoms with Crippen LogP contribution in [0.15, 0.2) is 12.1 Å². The standard InChI is InChI=1S/C10H10ClF3N2O/c11-4-3-6(10(17)16-15)5-1-2-7(12)9(14)8(5)13/h1-2,6H,3-4,15H2,(H,16,17). The van der Waals surface area contributed by atoms with Gasteiger partial charge in [-0.1, -0.05) is 6.07 Å². The Balaban J connectivity index is 3.19. The van der Waals surface area contributed by atoms with E-state index in [1.165, 1.54) is 0 Å². The number of carbonyl (C=O) groups is 1. The van der Waals surface area contributed by atoms with Gasteiger partial charge < -0.3 is 0 Å². The van der Waals surface area contributed by atoms with Crippen LogP contribution >= 0.6 is 11.6 Å². The number of rotatable bonds is 4. The quantitative estimate of drug-likeness (QED) is 0.287. The van der Waals surface area contributed by atoms with Gasteiger partial charge in [0.25, 0.3) is 0 Å². The van der Waals surface area contributed by atoms with E-state index in [2.05, 4.69) is 0 Å². The van der Waals surface area contributed by atoms with E-state index >= 15 is 0 Å². The molecule has 1 rings (SSSR count). The third-order valence-corrected chi connectivity index (χ3v) is 2.52. The number of hydrogen-bond acceptors (Lipinski definition) is 2. The smallest absolute Gasteiger partial charge is 0.241 e. The number of nitrogens with one attached hydrogen (secondary N) is 1. The van der Waals surface area contributed by atoms with Crippen molar-refractivity contribution in [2.75, 3.05) is 5.88 Å². The summed E-state index contributed by atoms with van der Waals surface area (Å²) in [5.74, 6) is -1.12. The largest absolute Gasteiger partial charge is 0.294 e. The van der Waals surface area contributed by atoms with Crippen molar-refractivity contribution in [1.82, 2.24) is 5.43 Å². The van der Waals surface area contributed by atoms with Gasteiger partial charge in [0.2, 0.25) is 5.91 Å². The van der Waals surface area contributed by atoms with Gasteiger partial charge in [-0.2, -0.15) is 0 Å². The monoisotopic (exact) mass is 266 g/mol. The highest BCUT2D eigenvalue weighted by molar-refractivity contribution is 6.18. The second kappa shape index (κ2) is 5.88. The summed E-state index contributed by atoms with van der Waals surface area (Å²) in [6, 6.07) is 1.75. The van der Waals surface area contributed by atoms with E-state index in [9.17, 15) is 18.0 Å². The topological polar surface area (TPSA) is 55.1 Å². The van der Waals surface area contributed by atoms with Gasteiger partial charge >= 0.3 is 0 Å².